The molecule has 3 rings (SSSR count). The fourth-order valence-electron chi connectivity index (χ4n) is 4.43. The lowest BCUT2D eigenvalue weighted by atomic mass is 10.1. The number of nitrogens with zero attached hydrogens (tertiary/aromatic N) is 2. The highest BCUT2D eigenvalue weighted by atomic mass is 32.2. The Morgan fingerprint density at radius 1 is 0.821 bits per heavy atom. The van der Waals surface area contributed by atoms with Crippen LogP contribution in [0.25, 0.3) is 0 Å². The minimum absolute atomic E-state index is 0.0494. The van der Waals surface area contributed by atoms with Crippen LogP contribution >= 0.6 is 0 Å². The van der Waals surface area contributed by atoms with Gasteiger partial charge in [0, 0.05) is 12.6 Å². The molecule has 1 N–H and O–H groups in total. The Balaban J connectivity index is 2.07. The van der Waals surface area contributed by atoms with Gasteiger partial charge in [0.15, 0.2) is 0 Å². The minimum atomic E-state index is -4.08. The second kappa shape index (κ2) is 13.9. The van der Waals surface area contributed by atoms with Crippen LogP contribution in [-0.2, 0) is 32.6 Å². The van der Waals surface area contributed by atoms with E-state index < -0.39 is 28.5 Å². The fraction of sp³-hybridized carbons (Fsp3) is 0.355. The van der Waals surface area contributed by atoms with Crippen molar-refractivity contribution in [2.24, 2.45) is 0 Å². The van der Waals surface area contributed by atoms with Crippen LogP contribution < -0.4 is 9.62 Å². The van der Waals surface area contributed by atoms with E-state index in [4.69, 9.17) is 0 Å². The number of hydrogen-bond acceptors (Lipinski definition) is 4. The highest BCUT2D eigenvalue weighted by Crippen LogP contribution is 2.28. The first-order chi connectivity index (χ1) is 18.7. The molecule has 3 aromatic rings. The maximum atomic E-state index is 14.1. The average Bonchev–Trinajstić information content (AvgIpc) is 2.96. The number of nitrogens with one attached hydrogen (secondary N) is 1. The molecule has 2 amide bonds. The molecule has 7 nitrogen and oxygen atoms in total. The summed E-state index contributed by atoms with van der Waals surface area (Å²) in [6.07, 6.45) is 1.73. The molecular formula is C31H39N3O4S. The van der Waals surface area contributed by atoms with E-state index in [1.165, 1.54) is 21.3 Å². The van der Waals surface area contributed by atoms with Crippen LogP contribution in [0.1, 0.15) is 51.7 Å². The van der Waals surface area contributed by atoms with Gasteiger partial charge in [-0.05, 0) is 55.5 Å². The van der Waals surface area contributed by atoms with Crippen molar-refractivity contribution in [1.29, 1.82) is 0 Å². The second-order valence-corrected chi connectivity index (χ2v) is 11.4. The van der Waals surface area contributed by atoms with E-state index in [9.17, 15) is 18.0 Å². The Bertz CT molecular complexity index is 1330. The molecule has 0 saturated carbocycles. The Labute approximate surface area is 232 Å². The number of sulfonamides is 1. The molecule has 8 heteroatoms. The van der Waals surface area contributed by atoms with Crippen LogP contribution in [0.15, 0.2) is 89.8 Å². The third-order valence-corrected chi connectivity index (χ3v) is 8.61. The van der Waals surface area contributed by atoms with Crippen molar-refractivity contribution >= 4 is 27.5 Å². The molecule has 0 fully saturated rings. The number of amides is 2. The lowest BCUT2D eigenvalue weighted by Crippen LogP contribution is -2.53. The smallest absolute Gasteiger partial charge is 0.264 e. The molecule has 0 aliphatic heterocycles. The number of carbonyl (C=O) groups excluding carboxylic acids is 2. The standard InChI is InChI=1S/C31H39N3O4S/c1-5-24(4)32-31(36)28(7-3)33(22-25-16-10-8-11-17-25)30(35)23-34(29-21-15-14-18-26(29)6-2)39(37,38)27-19-12-9-13-20-27/h8-21,24,28H,5-7,22-23H2,1-4H3,(H,32,36)/t24-,28-/m0/s1. The molecule has 0 saturated heterocycles. The van der Waals surface area contributed by atoms with E-state index in [0.29, 0.717) is 18.5 Å². The Morgan fingerprint density at radius 3 is 2.00 bits per heavy atom. The van der Waals surface area contributed by atoms with Crippen LogP contribution in [0.3, 0.4) is 0 Å². The summed E-state index contributed by atoms with van der Waals surface area (Å²) in [5.74, 6) is -0.696. The molecular weight excluding hydrogens is 510 g/mol. The molecule has 2 atom stereocenters. The predicted molar refractivity (Wildman–Crippen MR) is 156 cm³/mol. The SMILES string of the molecule is CCc1ccccc1N(CC(=O)N(Cc1ccccc1)[C@@H](CC)C(=O)N[C@@H](C)CC)S(=O)(=O)c1ccccc1. The molecule has 0 spiro atoms. The molecule has 39 heavy (non-hydrogen) atoms. The highest BCUT2D eigenvalue weighted by molar-refractivity contribution is 7.92. The number of anilines is 1. The number of carbonyl (C=O) groups is 2. The van der Waals surface area contributed by atoms with Crippen molar-refractivity contribution in [3.05, 3.63) is 96.1 Å². The van der Waals surface area contributed by atoms with Gasteiger partial charge in [-0.2, -0.15) is 0 Å². The van der Waals surface area contributed by atoms with Gasteiger partial charge in [0.25, 0.3) is 10.0 Å². The van der Waals surface area contributed by atoms with Crippen LogP contribution in [0.2, 0.25) is 0 Å². The molecule has 0 unspecified atom stereocenters. The van der Waals surface area contributed by atoms with Gasteiger partial charge in [0.2, 0.25) is 11.8 Å². The molecule has 0 bridgehead atoms. The van der Waals surface area contributed by atoms with Gasteiger partial charge < -0.3 is 10.2 Å². The van der Waals surface area contributed by atoms with Crippen molar-refractivity contribution in [3.63, 3.8) is 0 Å². The van der Waals surface area contributed by atoms with Crippen LogP contribution in [0.5, 0.6) is 0 Å². The number of rotatable bonds is 13. The molecule has 0 radical (unpaired) electrons. The summed E-state index contributed by atoms with van der Waals surface area (Å²) in [6, 6.07) is 23.9. The average molecular weight is 550 g/mol. The van der Waals surface area contributed by atoms with Crippen molar-refractivity contribution in [3.8, 4) is 0 Å². The minimum Gasteiger partial charge on any atom is -0.352 e. The van der Waals surface area contributed by atoms with Crippen molar-refractivity contribution in [2.75, 3.05) is 10.8 Å². The Hall–Kier alpha value is -3.65. The number of benzene rings is 3. The quantitative estimate of drug-likeness (QED) is 0.319. The number of hydrogen-bond donors (Lipinski definition) is 1. The summed E-state index contributed by atoms with van der Waals surface area (Å²) in [6.45, 7) is 7.45. The maximum absolute atomic E-state index is 14.1. The monoisotopic (exact) mass is 549 g/mol. The van der Waals surface area contributed by atoms with E-state index in [-0.39, 0.29) is 23.4 Å². The molecule has 0 aromatic heterocycles. The highest BCUT2D eigenvalue weighted by Gasteiger charge is 2.34. The van der Waals surface area contributed by atoms with Gasteiger partial charge in [0.05, 0.1) is 10.6 Å². The summed E-state index contributed by atoms with van der Waals surface area (Å²) in [5, 5.41) is 3.00. The van der Waals surface area contributed by atoms with Crippen molar-refractivity contribution in [1.82, 2.24) is 10.2 Å². The van der Waals surface area contributed by atoms with E-state index in [1.807, 2.05) is 70.2 Å². The lowest BCUT2D eigenvalue weighted by Gasteiger charge is -2.34. The molecule has 0 heterocycles. The predicted octanol–water partition coefficient (Wildman–Crippen LogP) is 5.17. The first-order valence-electron chi connectivity index (χ1n) is 13.5. The first kappa shape index (κ1) is 29.9. The molecule has 3 aromatic carbocycles. The zero-order valence-corrected chi connectivity index (χ0v) is 24.0. The summed E-state index contributed by atoms with van der Waals surface area (Å²) >= 11 is 0. The van der Waals surface area contributed by atoms with Gasteiger partial charge in [-0.15, -0.1) is 0 Å². The van der Waals surface area contributed by atoms with Gasteiger partial charge in [-0.25, -0.2) is 8.42 Å². The number of para-hydroxylation sites is 1. The Kier molecular flexibility index (Phi) is 10.7. The van der Waals surface area contributed by atoms with E-state index in [2.05, 4.69) is 5.32 Å². The largest absolute Gasteiger partial charge is 0.352 e. The molecule has 208 valence electrons. The van der Waals surface area contributed by atoms with Crippen LogP contribution in [0.4, 0.5) is 5.69 Å². The van der Waals surface area contributed by atoms with Gasteiger partial charge in [0.1, 0.15) is 12.6 Å². The normalized spacial score (nSPS) is 12.8. The first-order valence-corrected chi connectivity index (χ1v) is 15.0. The van der Waals surface area contributed by atoms with Crippen molar-refractivity contribution in [2.45, 2.75) is 70.5 Å². The van der Waals surface area contributed by atoms with E-state index in [1.54, 1.807) is 30.3 Å². The summed E-state index contributed by atoms with van der Waals surface area (Å²) in [5.41, 5.74) is 2.11. The zero-order valence-electron chi connectivity index (χ0n) is 23.2. The maximum Gasteiger partial charge on any atom is 0.264 e. The number of aryl methyl sites for hydroxylation is 1. The third kappa shape index (κ3) is 7.47. The topological polar surface area (TPSA) is 86.8 Å². The third-order valence-electron chi connectivity index (χ3n) is 6.83. The van der Waals surface area contributed by atoms with E-state index >= 15 is 0 Å². The van der Waals surface area contributed by atoms with Crippen molar-refractivity contribution < 1.29 is 18.0 Å². The fourth-order valence-corrected chi connectivity index (χ4v) is 5.90. The van der Waals surface area contributed by atoms with Crippen LogP contribution in [-0.4, -0.2) is 43.8 Å². The zero-order chi connectivity index (χ0) is 28.4. The van der Waals surface area contributed by atoms with E-state index in [0.717, 1.165) is 17.5 Å². The summed E-state index contributed by atoms with van der Waals surface area (Å²) < 4.78 is 29.1. The van der Waals surface area contributed by atoms with Gasteiger partial charge in [-0.3, -0.25) is 13.9 Å². The summed E-state index contributed by atoms with van der Waals surface area (Å²) in [4.78, 5) is 29.0. The second-order valence-electron chi connectivity index (χ2n) is 9.56. The lowest BCUT2D eigenvalue weighted by molar-refractivity contribution is -0.140. The van der Waals surface area contributed by atoms with Gasteiger partial charge >= 0.3 is 0 Å². The van der Waals surface area contributed by atoms with Crippen LogP contribution in [0, 0.1) is 0 Å². The van der Waals surface area contributed by atoms with Gasteiger partial charge in [-0.1, -0.05) is 87.5 Å². The molecule has 0 aliphatic carbocycles. The summed E-state index contributed by atoms with van der Waals surface area (Å²) in [7, 11) is -4.08. The Morgan fingerprint density at radius 2 is 1.41 bits per heavy atom. The molecule has 0 aliphatic rings.